The number of nitrogens with zero attached hydrogens (tertiary/aromatic N) is 2. The van der Waals surface area contributed by atoms with Gasteiger partial charge in [-0.1, -0.05) is 75.9 Å². The zero-order chi connectivity index (χ0) is 26.0. The molecule has 36 heavy (non-hydrogen) atoms. The van der Waals surface area contributed by atoms with Gasteiger partial charge in [0.25, 0.3) is 0 Å². The van der Waals surface area contributed by atoms with Gasteiger partial charge in [-0.3, -0.25) is 0 Å². The maximum Gasteiger partial charge on any atom is 0.348 e. The lowest BCUT2D eigenvalue weighted by molar-refractivity contribution is -0.146. The molecule has 192 valence electrons. The quantitative estimate of drug-likeness (QED) is 0.137. The number of esters is 1. The first kappa shape index (κ1) is 27.4. The molecule has 0 saturated heterocycles. The molecule has 0 N–H and O–H groups in total. The molecule has 1 heterocycles. The van der Waals surface area contributed by atoms with Crippen LogP contribution in [0.4, 0.5) is 8.78 Å². The molecule has 4 nitrogen and oxygen atoms in total. The summed E-state index contributed by atoms with van der Waals surface area (Å²) >= 11 is 0. The normalized spacial score (nSPS) is 13.7. The monoisotopic (exact) mass is 494 g/mol. The predicted octanol–water partition coefficient (Wildman–Crippen LogP) is 8.10. The summed E-state index contributed by atoms with van der Waals surface area (Å²) in [5.41, 5.74) is 1.66. The van der Waals surface area contributed by atoms with Crippen molar-refractivity contribution in [2.45, 2.75) is 84.0 Å². The van der Waals surface area contributed by atoms with Crippen molar-refractivity contribution >= 4 is 5.97 Å². The zero-order valence-electron chi connectivity index (χ0n) is 21.5. The highest BCUT2D eigenvalue weighted by Gasteiger charge is 2.33. The third-order valence-electron chi connectivity index (χ3n) is 6.47. The molecule has 0 saturated carbocycles. The second kappa shape index (κ2) is 13.2. The summed E-state index contributed by atoms with van der Waals surface area (Å²) in [7, 11) is 0. The topological polar surface area (TPSA) is 52.1 Å². The van der Waals surface area contributed by atoms with Crippen molar-refractivity contribution in [3.63, 3.8) is 0 Å². The van der Waals surface area contributed by atoms with Crippen LogP contribution in [0.3, 0.4) is 0 Å². The molecule has 0 radical (unpaired) electrons. The van der Waals surface area contributed by atoms with E-state index >= 15 is 0 Å². The lowest BCUT2D eigenvalue weighted by Crippen LogP contribution is -2.33. The van der Waals surface area contributed by atoms with Crippen molar-refractivity contribution in [3.05, 3.63) is 66.5 Å². The predicted molar refractivity (Wildman–Crippen MR) is 140 cm³/mol. The Hall–Kier alpha value is -3.15. The first-order chi connectivity index (χ1) is 17.3. The summed E-state index contributed by atoms with van der Waals surface area (Å²) in [5, 5.41) is 0. The van der Waals surface area contributed by atoms with Gasteiger partial charge in [0.05, 0.1) is 0 Å². The highest BCUT2D eigenvalue weighted by atomic mass is 19.1. The van der Waals surface area contributed by atoms with Gasteiger partial charge in [-0.05, 0) is 55.9 Å². The van der Waals surface area contributed by atoms with E-state index in [1.165, 1.54) is 19.8 Å². The molecule has 3 rings (SSSR count). The molecule has 0 amide bonds. The van der Waals surface area contributed by atoms with Crippen LogP contribution < -0.4 is 4.74 Å². The van der Waals surface area contributed by atoms with Crippen molar-refractivity contribution < 1.29 is 18.3 Å². The Balaban J connectivity index is 1.54. The Morgan fingerprint density at radius 1 is 0.889 bits per heavy atom. The third-order valence-corrected chi connectivity index (χ3v) is 6.47. The minimum absolute atomic E-state index is 0.0492. The highest BCUT2D eigenvalue weighted by molar-refractivity contribution is 5.81. The molecule has 0 bridgehead atoms. The van der Waals surface area contributed by atoms with Crippen LogP contribution in [0, 0.1) is 0 Å². The van der Waals surface area contributed by atoms with Gasteiger partial charge in [0, 0.05) is 23.5 Å². The van der Waals surface area contributed by atoms with Crippen LogP contribution in [0.5, 0.6) is 5.75 Å². The van der Waals surface area contributed by atoms with E-state index in [1.54, 1.807) is 43.6 Å². The number of aromatic nitrogens is 2. The van der Waals surface area contributed by atoms with Crippen LogP contribution in [0.15, 0.2) is 60.9 Å². The van der Waals surface area contributed by atoms with E-state index in [4.69, 9.17) is 4.74 Å². The first-order valence-corrected chi connectivity index (χ1v) is 12.9. The van der Waals surface area contributed by atoms with Gasteiger partial charge < -0.3 is 4.74 Å². The van der Waals surface area contributed by atoms with Gasteiger partial charge in [0.1, 0.15) is 11.9 Å². The van der Waals surface area contributed by atoms with Crippen molar-refractivity contribution in [3.8, 4) is 28.3 Å². The Bertz CT molecular complexity index is 1080. The molecule has 0 aliphatic carbocycles. The Morgan fingerprint density at radius 3 is 2.14 bits per heavy atom. The second-order valence-corrected chi connectivity index (χ2v) is 9.44. The van der Waals surface area contributed by atoms with Gasteiger partial charge >= 0.3 is 5.97 Å². The summed E-state index contributed by atoms with van der Waals surface area (Å²) in [6.07, 6.45) is 9.15. The van der Waals surface area contributed by atoms with Gasteiger partial charge in [-0.25, -0.2) is 23.5 Å². The SMILES string of the molecule is CCCCCC[C@H](F)CCc1ccc(-c2ncc(-c3ccc(OC(=O)C(C)(F)CC)cc3)cn2)cc1. The highest BCUT2D eigenvalue weighted by Crippen LogP contribution is 2.25. The van der Waals surface area contributed by atoms with Crippen LogP contribution in [0.1, 0.15) is 71.3 Å². The van der Waals surface area contributed by atoms with E-state index in [-0.39, 0.29) is 12.2 Å². The maximum absolute atomic E-state index is 14.1. The van der Waals surface area contributed by atoms with E-state index in [1.807, 2.05) is 24.3 Å². The molecule has 0 fully saturated rings. The minimum atomic E-state index is -2.01. The number of unbranched alkanes of at least 4 members (excludes halogenated alkanes) is 3. The average molecular weight is 495 g/mol. The summed E-state index contributed by atoms with van der Waals surface area (Å²) in [6, 6.07) is 14.8. The van der Waals surface area contributed by atoms with E-state index in [2.05, 4.69) is 16.9 Å². The molecule has 1 unspecified atom stereocenters. The third kappa shape index (κ3) is 7.94. The number of hydrogen-bond acceptors (Lipinski definition) is 4. The molecule has 1 aromatic heterocycles. The van der Waals surface area contributed by atoms with E-state index in [0.29, 0.717) is 18.7 Å². The summed E-state index contributed by atoms with van der Waals surface area (Å²) < 4.78 is 33.3. The average Bonchev–Trinajstić information content (AvgIpc) is 2.91. The molecule has 6 heteroatoms. The number of alkyl halides is 2. The number of ether oxygens (including phenoxy) is 1. The lowest BCUT2D eigenvalue weighted by Gasteiger charge is -2.16. The standard InChI is InChI=1S/C30H36F2N2O2/c1-4-6-7-8-9-26(31)17-12-22-10-13-24(14-11-22)28-33-20-25(21-34-28)23-15-18-27(19-16-23)36-29(35)30(3,32)5-2/h10-11,13-16,18-21,26H,4-9,12,17H2,1-3H3/t26-,30?/m0/s1. The van der Waals surface area contributed by atoms with Crippen LogP contribution in [-0.2, 0) is 11.2 Å². The fourth-order valence-corrected chi connectivity index (χ4v) is 3.78. The first-order valence-electron chi connectivity index (χ1n) is 12.9. The number of hydrogen-bond donors (Lipinski definition) is 0. The van der Waals surface area contributed by atoms with Crippen molar-refractivity contribution in [2.75, 3.05) is 0 Å². The molecule has 0 aliphatic heterocycles. The Labute approximate surface area is 213 Å². The van der Waals surface area contributed by atoms with Crippen molar-refractivity contribution in [2.24, 2.45) is 0 Å². The largest absolute Gasteiger partial charge is 0.424 e. The number of benzene rings is 2. The Morgan fingerprint density at radius 2 is 1.53 bits per heavy atom. The summed E-state index contributed by atoms with van der Waals surface area (Å²) in [6.45, 7) is 4.97. The Kier molecular flexibility index (Phi) is 10.1. The lowest BCUT2D eigenvalue weighted by atomic mass is 10.0. The minimum Gasteiger partial charge on any atom is -0.424 e. The molecule has 3 aromatic rings. The van der Waals surface area contributed by atoms with E-state index < -0.39 is 17.8 Å². The fraction of sp³-hybridized carbons (Fsp3) is 0.433. The number of rotatable bonds is 13. The molecular formula is C30H36F2N2O2. The molecule has 0 spiro atoms. The van der Waals surface area contributed by atoms with Gasteiger partial charge in [0.15, 0.2) is 5.82 Å². The van der Waals surface area contributed by atoms with Gasteiger partial charge in [-0.15, -0.1) is 0 Å². The fourth-order valence-electron chi connectivity index (χ4n) is 3.78. The molecule has 0 aliphatic rings. The molecular weight excluding hydrogens is 458 g/mol. The number of carbonyl (C=O) groups excluding carboxylic acids is 1. The van der Waals surface area contributed by atoms with E-state index in [0.717, 1.165) is 41.5 Å². The van der Waals surface area contributed by atoms with E-state index in [9.17, 15) is 13.6 Å². The summed E-state index contributed by atoms with van der Waals surface area (Å²) in [4.78, 5) is 20.9. The maximum atomic E-state index is 14.1. The van der Waals surface area contributed by atoms with Crippen LogP contribution >= 0.6 is 0 Å². The molecule has 2 aromatic carbocycles. The zero-order valence-corrected chi connectivity index (χ0v) is 21.5. The van der Waals surface area contributed by atoms with Crippen molar-refractivity contribution in [1.29, 1.82) is 0 Å². The second-order valence-electron chi connectivity index (χ2n) is 9.44. The molecule has 2 atom stereocenters. The smallest absolute Gasteiger partial charge is 0.348 e. The number of carbonyl (C=O) groups is 1. The van der Waals surface area contributed by atoms with Crippen LogP contribution in [0.2, 0.25) is 0 Å². The van der Waals surface area contributed by atoms with Crippen molar-refractivity contribution in [1.82, 2.24) is 9.97 Å². The summed E-state index contributed by atoms with van der Waals surface area (Å²) in [5.74, 6) is -0.00501. The number of halogens is 2. The van der Waals surface area contributed by atoms with Crippen LogP contribution in [-0.4, -0.2) is 27.8 Å². The number of aryl methyl sites for hydroxylation is 1. The van der Waals surface area contributed by atoms with Gasteiger partial charge in [-0.2, -0.15) is 0 Å². The van der Waals surface area contributed by atoms with Crippen LogP contribution in [0.25, 0.3) is 22.5 Å². The van der Waals surface area contributed by atoms with Gasteiger partial charge in [0.2, 0.25) is 5.67 Å².